The monoisotopic (exact) mass is 393 g/mol. The van der Waals surface area contributed by atoms with E-state index >= 15 is 0 Å². The van der Waals surface area contributed by atoms with Crippen LogP contribution in [0.5, 0.6) is 0 Å². The SMILES string of the molecule is CCCNC(=O)c1cc(CSC2C=CC=CN2c2cc(C)cc(C)c2)ccn1. The third-order valence-electron chi connectivity index (χ3n) is 4.43. The van der Waals surface area contributed by atoms with E-state index in [-0.39, 0.29) is 11.3 Å². The second kappa shape index (κ2) is 9.60. The van der Waals surface area contributed by atoms with E-state index in [1.54, 1.807) is 6.20 Å². The molecule has 1 aromatic heterocycles. The van der Waals surface area contributed by atoms with Crippen LogP contribution >= 0.6 is 11.8 Å². The van der Waals surface area contributed by atoms with Gasteiger partial charge < -0.3 is 10.2 Å². The van der Waals surface area contributed by atoms with Crippen molar-refractivity contribution in [2.45, 2.75) is 38.3 Å². The van der Waals surface area contributed by atoms with E-state index in [0.29, 0.717) is 12.2 Å². The maximum Gasteiger partial charge on any atom is 0.269 e. The normalized spacial score (nSPS) is 15.7. The molecule has 0 saturated heterocycles. The summed E-state index contributed by atoms with van der Waals surface area (Å²) in [6, 6.07) is 10.5. The predicted molar refractivity (Wildman–Crippen MR) is 119 cm³/mol. The van der Waals surface area contributed by atoms with Crippen LogP contribution in [0.25, 0.3) is 0 Å². The summed E-state index contributed by atoms with van der Waals surface area (Å²) < 4.78 is 0. The highest BCUT2D eigenvalue weighted by Crippen LogP contribution is 2.30. The van der Waals surface area contributed by atoms with Crippen molar-refractivity contribution >= 4 is 23.4 Å². The molecule has 146 valence electrons. The van der Waals surface area contributed by atoms with Crippen molar-refractivity contribution in [3.63, 3.8) is 0 Å². The topological polar surface area (TPSA) is 45.2 Å². The summed E-state index contributed by atoms with van der Waals surface area (Å²) in [5.41, 5.74) is 5.31. The molecule has 5 heteroatoms. The lowest BCUT2D eigenvalue weighted by Crippen LogP contribution is -2.28. The van der Waals surface area contributed by atoms with Crippen molar-refractivity contribution in [3.05, 3.63) is 83.3 Å². The van der Waals surface area contributed by atoms with Gasteiger partial charge in [-0.15, -0.1) is 11.8 Å². The van der Waals surface area contributed by atoms with Gasteiger partial charge in [-0.2, -0.15) is 0 Å². The van der Waals surface area contributed by atoms with E-state index in [1.807, 2.05) is 30.8 Å². The Labute approximate surface area is 171 Å². The van der Waals surface area contributed by atoms with Gasteiger partial charge in [0.2, 0.25) is 0 Å². The Bertz CT molecular complexity index is 871. The maximum atomic E-state index is 12.2. The summed E-state index contributed by atoms with van der Waals surface area (Å²) in [5.74, 6) is 0.701. The first kappa shape index (κ1) is 20.2. The number of carbonyl (C=O) groups excluding carboxylic acids is 1. The lowest BCUT2D eigenvalue weighted by Gasteiger charge is -2.30. The summed E-state index contributed by atoms with van der Waals surface area (Å²) in [6.07, 6.45) is 11.1. The van der Waals surface area contributed by atoms with Gasteiger partial charge in [-0.05, 0) is 67.3 Å². The highest BCUT2D eigenvalue weighted by Gasteiger charge is 2.18. The van der Waals surface area contributed by atoms with Crippen molar-refractivity contribution < 1.29 is 4.79 Å². The van der Waals surface area contributed by atoms with Gasteiger partial charge in [0.05, 0.1) is 5.37 Å². The van der Waals surface area contributed by atoms with Gasteiger partial charge in [0, 0.05) is 30.4 Å². The number of nitrogens with zero attached hydrogens (tertiary/aromatic N) is 2. The number of pyridine rings is 1. The van der Waals surface area contributed by atoms with E-state index in [2.05, 4.69) is 71.7 Å². The number of hydrogen-bond donors (Lipinski definition) is 1. The number of carbonyl (C=O) groups is 1. The molecule has 1 aromatic carbocycles. The number of benzene rings is 1. The van der Waals surface area contributed by atoms with Crippen molar-refractivity contribution in [1.82, 2.24) is 10.3 Å². The smallest absolute Gasteiger partial charge is 0.269 e. The molecule has 0 bridgehead atoms. The quantitative estimate of drug-likeness (QED) is 0.720. The van der Waals surface area contributed by atoms with Crippen LogP contribution in [0.3, 0.4) is 0 Å². The minimum absolute atomic E-state index is 0.106. The molecule has 3 rings (SSSR count). The van der Waals surface area contributed by atoms with Crippen LogP contribution in [-0.2, 0) is 5.75 Å². The van der Waals surface area contributed by atoms with Crippen molar-refractivity contribution in [3.8, 4) is 0 Å². The number of thioether (sulfide) groups is 1. The van der Waals surface area contributed by atoms with Crippen LogP contribution < -0.4 is 10.2 Å². The Morgan fingerprint density at radius 3 is 2.71 bits per heavy atom. The molecule has 4 nitrogen and oxygen atoms in total. The van der Waals surface area contributed by atoms with Crippen LogP contribution in [0.4, 0.5) is 5.69 Å². The molecule has 28 heavy (non-hydrogen) atoms. The molecule has 0 aliphatic carbocycles. The molecule has 1 aliphatic heterocycles. The number of nitrogens with one attached hydrogen (secondary N) is 1. The number of anilines is 1. The fraction of sp³-hybridized carbons (Fsp3) is 0.304. The first-order valence-electron chi connectivity index (χ1n) is 9.63. The summed E-state index contributed by atoms with van der Waals surface area (Å²) in [6.45, 7) is 6.96. The molecule has 1 unspecified atom stereocenters. The number of amides is 1. The van der Waals surface area contributed by atoms with E-state index in [0.717, 1.165) is 17.7 Å². The van der Waals surface area contributed by atoms with Crippen LogP contribution in [0.15, 0.2) is 61.0 Å². The lowest BCUT2D eigenvalue weighted by molar-refractivity contribution is 0.0948. The van der Waals surface area contributed by atoms with Crippen molar-refractivity contribution in [2.24, 2.45) is 0 Å². The standard InChI is InChI=1S/C23H27N3OS/c1-4-9-25-23(27)21-15-19(8-10-24-21)16-28-22-7-5-6-11-26(22)20-13-17(2)12-18(3)14-20/h5-8,10-15,22H,4,9,16H2,1-3H3,(H,25,27). The van der Waals surface area contributed by atoms with E-state index in [1.165, 1.54) is 16.8 Å². The Hall–Kier alpha value is -2.53. The maximum absolute atomic E-state index is 12.2. The highest BCUT2D eigenvalue weighted by atomic mass is 32.2. The lowest BCUT2D eigenvalue weighted by atomic mass is 10.1. The van der Waals surface area contributed by atoms with Gasteiger partial charge >= 0.3 is 0 Å². The molecular formula is C23H27N3OS. The zero-order chi connectivity index (χ0) is 19.9. The van der Waals surface area contributed by atoms with Gasteiger partial charge in [0.25, 0.3) is 5.91 Å². The predicted octanol–water partition coefficient (Wildman–Crippen LogP) is 4.99. The minimum Gasteiger partial charge on any atom is -0.351 e. The van der Waals surface area contributed by atoms with Crippen molar-refractivity contribution in [1.29, 1.82) is 0 Å². The summed E-state index contributed by atoms with van der Waals surface area (Å²) in [7, 11) is 0. The number of hydrogen-bond acceptors (Lipinski definition) is 4. The number of allylic oxidation sites excluding steroid dienone is 2. The average Bonchev–Trinajstić information content (AvgIpc) is 2.70. The fourth-order valence-electron chi connectivity index (χ4n) is 3.15. The number of rotatable bonds is 7. The second-order valence-electron chi connectivity index (χ2n) is 6.99. The first-order valence-corrected chi connectivity index (χ1v) is 10.7. The summed E-state index contributed by atoms with van der Waals surface area (Å²) >= 11 is 1.83. The first-order chi connectivity index (χ1) is 13.6. The Balaban J connectivity index is 1.70. The third kappa shape index (κ3) is 5.26. The zero-order valence-corrected chi connectivity index (χ0v) is 17.5. The molecule has 0 fully saturated rings. The average molecular weight is 394 g/mol. The molecule has 2 heterocycles. The Kier molecular flexibility index (Phi) is 6.93. The van der Waals surface area contributed by atoms with Gasteiger partial charge in [-0.1, -0.05) is 25.1 Å². The fourth-order valence-corrected chi connectivity index (χ4v) is 4.24. The van der Waals surface area contributed by atoms with Gasteiger partial charge in [0.15, 0.2) is 0 Å². The molecule has 1 atom stereocenters. The van der Waals surface area contributed by atoms with Gasteiger partial charge in [0.1, 0.15) is 5.69 Å². The largest absolute Gasteiger partial charge is 0.351 e. The summed E-state index contributed by atoms with van der Waals surface area (Å²) in [5, 5.41) is 3.09. The highest BCUT2D eigenvalue weighted by molar-refractivity contribution is 7.99. The zero-order valence-electron chi connectivity index (χ0n) is 16.7. The van der Waals surface area contributed by atoms with Crippen LogP contribution in [-0.4, -0.2) is 22.8 Å². The molecule has 0 spiro atoms. The molecule has 0 radical (unpaired) electrons. The van der Waals surface area contributed by atoms with Gasteiger partial charge in [-0.25, -0.2) is 0 Å². The number of aromatic nitrogens is 1. The molecule has 1 aliphatic rings. The second-order valence-corrected chi connectivity index (χ2v) is 8.09. The molecule has 1 N–H and O–H groups in total. The molecule has 0 saturated carbocycles. The van der Waals surface area contributed by atoms with Crippen LogP contribution in [0.2, 0.25) is 0 Å². The number of aryl methyl sites for hydroxylation is 2. The summed E-state index contributed by atoms with van der Waals surface area (Å²) in [4.78, 5) is 18.7. The van der Waals surface area contributed by atoms with E-state index < -0.39 is 0 Å². The molecule has 2 aromatic rings. The van der Waals surface area contributed by atoms with Crippen LogP contribution in [0.1, 0.15) is 40.5 Å². The van der Waals surface area contributed by atoms with Crippen LogP contribution in [0, 0.1) is 13.8 Å². The molecular weight excluding hydrogens is 366 g/mol. The Morgan fingerprint density at radius 1 is 1.18 bits per heavy atom. The minimum atomic E-state index is -0.106. The Morgan fingerprint density at radius 2 is 1.96 bits per heavy atom. The molecule has 1 amide bonds. The van der Waals surface area contributed by atoms with Crippen molar-refractivity contribution in [2.75, 3.05) is 11.4 Å². The van der Waals surface area contributed by atoms with E-state index in [4.69, 9.17) is 0 Å². The van der Waals surface area contributed by atoms with Gasteiger partial charge in [-0.3, -0.25) is 9.78 Å². The third-order valence-corrected chi connectivity index (χ3v) is 5.65. The van der Waals surface area contributed by atoms with E-state index in [9.17, 15) is 4.79 Å².